The molecule has 6 nitrogen and oxygen atoms in total. The van der Waals surface area contributed by atoms with Crippen LogP contribution in [0.1, 0.15) is 40.5 Å². The summed E-state index contributed by atoms with van der Waals surface area (Å²) in [5, 5.41) is 1.33. The molecule has 0 aromatic rings. The molecule has 1 saturated carbocycles. The lowest BCUT2D eigenvalue weighted by Crippen LogP contribution is -2.60. The third-order valence-corrected chi connectivity index (χ3v) is 2.81. The average Bonchev–Trinajstić information content (AvgIpc) is 2.33. The smallest absolute Gasteiger partial charge is 0.325 e. The van der Waals surface area contributed by atoms with E-state index in [0.717, 1.165) is 0 Å². The van der Waals surface area contributed by atoms with E-state index in [1.807, 2.05) is 20.8 Å². The molecule has 2 atom stereocenters. The van der Waals surface area contributed by atoms with Gasteiger partial charge in [-0.3, -0.25) is 19.2 Å². The Kier molecular flexibility index (Phi) is 4.81. The molecule has 1 fully saturated rings. The second-order valence-electron chi connectivity index (χ2n) is 5.52. The molecule has 1 aliphatic carbocycles. The molecule has 0 saturated heterocycles. The number of carbonyl (C=O) groups excluding carboxylic acids is 3. The largest absolute Gasteiger partial charge is 0.468 e. The lowest BCUT2D eigenvalue weighted by Gasteiger charge is -2.41. The van der Waals surface area contributed by atoms with Crippen molar-refractivity contribution in [2.45, 2.75) is 58.2 Å². The molecule has 1 unspecified atom stereocenters. The van der Waals surface area contributed by atoms with Gasteiger partial charge in [-0.15, -0.1) is 0 Å². The number of carbonyl (C=O) groups is 3. The normalized spacial score (nSPS) is 21.3. The SMILES string of the molecule is CC[C@@H](C(=O)OC)N(OC(C)(C)C)C1CC(=O)C1=O. The number of nitrogens with zero attached hydrogens (tertiary/aromatic N) is 1. The van der Waals surface area contributed by atoms with Crippen molar-refractivity contribution in [1.29, 1.82) is 0 Å². The Balaban J connectivity index is 2.94. The molecule has 0 aliphatic heterocycles. The summed E-state index contributed by atoms with van der Waals surface area (Å²) in [6.07, 6.45) is 0.517. The predicted molar refractivity (Wildman–Crippen MR) is 67.2 cm³/mol. The maximum absolute atomic E-state index is 11.8. The van der Waals surface area contributed by atoms with Gasteiger partial charge >= 0.3 is 5.97 Å². The summed E-state index contributed by atoms with van der Waals surface area (Å²) < 4.78 is 4.72. The number of hydrogen-bond acceptors (Lipinski definition) is 6. The highest BCUT2D eigenvalue weighted by Gasteiger charge is 2.47. The van der Waals surface area contributed by atoms with Crippen molar-refractivity contribution in [3.63, 3.8) is 0 Å². The first-order valence-electron chi connectivity index (χ1n) is 6.33. The molecular formula is C13H21NO5. The van der Waals surface area contributed by atoms with Crippen LogP contribution >= 0.6 is 0 Å². The van der Waals surface area contributed by atoms with Crippen LogP contribution in [-0.4, -0.2) is 47.4 Å². The van der Waals surface area contributed by atoms with Gasteiger partial charge in [-0.25, -0.2) is 0 Å². The van der Waals surface area contributed by atoms with Gasteiger partial charge in [0, 0.05) is 6.42 Å². The third-order valence-electron chi connectivity index (χ3n) is 2.81. The number of esters is 1. The van der Waals surface area contributed by atoms with E-state index in [-0.39, 0.29) is 6.42 Å². The number of hydroxylamine groups is 2. The molecule has 0 N–H and O–H groups in total. The first-order chi connectivity index (χ1) is 8.71. The third kappa shape index (κ3) is 3.61. The van der Waals surface area contributed by atoms with Gasteiger partial charge in [-0.05, 0) is 27.2 Å². The minimum atomic E-state index is -0.689. The van der Waals surface area contributed by atoms with Crippen LogP contribution in [-0.2, 0) is 24.0 Å². The zero-order valence-electron chi connectivity index (χ0n) is 12.1. The lowest BCUT2D eigenvalue weighted by atomic mass is 9.88. The fourth-order valence-electron chi connectivity index (χ4n) is 1.88. The molecule has 0 aromatic heterocycles. The summed E-state index contributed by atoms with van der Waals surface area (Å²) in [5.41, 5.74) is -0.569. The van der Waals surface area contributed by atoms with Gasteiger partial charge < -0.3 is 4.74 Å². The van der Waals surface area contributed by atoms with Gasteiger partial charge in [0.25, 0.3) is 0 Å². The average molecular weight is 271 g/mol. The van der Waals surface area contributed by atoms with Crippen molar-refractivity contribution in [1.82, 2.24) is 5.06 Å². The summed E-state index contributed by atoms with van der Waals surface area (Å²) in [6.45, 7) is 7.24. The highest BCUT2D eigenvalue weighted by molar-refractivity contribution is 6.46. The number of ketones is 2. The summed E-state index contributed by atoms with van der Waals surface area (Å²) in [6, 6.07) is -1.37. The highest BCUT2D eigenvalue weighted by atomic mass is 16.7. The van der Waals surface area contributed by atoms with E-state index >= 15 is 0 Å². The number of rotatable bonds is 5. The van der Waals surface area contributed by atoms with E-state index in [1.54, 1.807) is 6.92 Å². The van der Waals surface area contributed by atoms with Crippen LogP contribution in [0.4, 0.5) is 0 Å². The highest BCUT2D eigenvalue weighted by Crippen LogP contribution is 2.26. The number of hydrogen-bond donors (Lipinski definition) is 0. The van der Waals surface area contributed by atoms with Gasteiger partial charge in [0.1, 0.15) is 12.1 Å². The lowest BCUT2D eigenvalue weighted by molar-refractivity contribution is -0.270. The van der Waals surface area contributed by atoms with Gasteiger partial charge in [-0.1, -0.05) is 6.92 Å². The molecule has 0 radical (unpaired) electrons. The van der Waals surface area contributed by atoms with Crippen LogP contribution in [0.25, 0.3) is 0 Å². The maximum Gasteiger partial charge on any atom is 0.325 e. The Morgan fingerprint density at radius 1 is 1.42 bits per heavy atom. The van der Waals surface area contributed by atoms with Gasteiger partial charge in [0.05, 0.1) is 12.7 Å². The monoisotopic (exact) mass is 271 g/mol. The molecule has 1 aliphatic rings. The molecule has 0 aromatic carbocycles. The Morgan fingerprint density at radius 2 is 2.00 bits per heavy atom. The van der Waals surface area contributed by atoms with Crippen LogP contribution in [0.2, 0.25) is 0 Å². The standard InChI is InChI=1S/C13H21NO5/c1-6-8(12(17)18-5)14(19-13(2,3)4)9-7-10(15)11(9)16/h8-9H,6-7H2,1-5H3/t8-,9?/m0/s1. The summed E-state index contributed by atoms with van der Waals surface area (Å²) in [5.74, 6) is -1.40. The molecule has 19 heavy (non-hydrogen) atoms. The fraction of sp³-hybridized carbons (Fsp3) is 0.769. The topological polar surface area (TPSA) is 72.9 Å². The Bertz CT molecular complexity index is 385. The minimum Gasteiger partial charge on any atom is -0.468 e. The first kappa shape index (κ1) is 15.8. The van der Waals surface area contributed by atoms with Gasteiger partial charge in [-0.2, -0.15) is 5.06 Å². The maximum atomic E-state index is 11.8. The fourth-order valence-corrected chi connectivity index (χ4v) is 1.88. The van der Waals surface area contributed by atoms with Crippen LogP contribution in [0, 0.1) is 0 Å². The van der Waals surface area contributed by atoms with Crippen molar-refractivity contribution < 1.29 is 24.0 Å². The Morgan fingerprint density at radius 3 is 2.32 bits per heavy atom. The summed E-state index contributed by atoms with van der Waals surface area (Å²) in [4.78, 5) is 40.2. The van der Waals surface area contributed by atoms with Crippen molar-refractivity contribution in [2.24, 2.45) is 0 Å². The molecule has 0 bridgehead atoms. The van der Waals surface area contributed by atoms with Crippen molar-refractivity contribution >= 4 is 17.5 Å². The van der Waals surface area contributed by atoms with Crippen LogP contribution in [0.3, 0.4) is 0 Å². The number of methoxy groups -OCH3 is 1. The van der Waals surface area contributed by atoms with Crippen molar-refractivity contribution in [3.8, 4) is 0 Å². The zero-order valence-corrected chi connectivity index (χ0v) is 12.1. The second kappa shape index (κ2) is 5.79. The van der Waals surface area contributed by atoms with E-state index in [1.165, 1.54) is 12.2 Å². The quantitative estimate of drug-likeness (QED) is 0.420. The number of ether oxygens (including phenoxy) is 1. The summed E-state index contributed by atoms with van der Waals surface area (Å²) >= 11 is 0. The first-order valence-corrected chi connectivity index (χ1v) is 6.33. The van der Waals surface area contributed by atoms with Crippen LogP contribution < -0.4 is 0 Å². The molecule has 108 valence electrons. The Hall–Kier alpha value is -1.27. The molecule has 0 heterocycles. The number of Topliss-reactive ketones (excluding diaryl/α,β-unsaturated/α-hetero) is 2. The molecule has 0 spiro atoms. The van der Waals surface area contributed by atoms with Gasteiger partial charge in [0.15, 0.2) is 0 Å². The van der Waals surface area contributed by atoms with Gasteiger partial charge in [0.2, 0.25) is 11.6 Å². The van der Waals surface area contributed by atoms with Crippen LogP contribution in [0.15, 0.2) is 0 Å². The van der Waals surface area contributed by atoms with E-state index in [0.29, 0.717) is 6.42 Å². The van der Waals surface area contributed by atoms with Crippen molar-refractivity contribution in [3.05, 3.63) is 0 Å². The summed E-state index contributed by atoms with van der Waals surface area (Å²) in [7, 11) is 1.29. The van der Waals surface area contributed by atoms with E-state index in [2.05, 4.69) is 0 Å². The predicted octanol–water partition coefficient (Wildman–Crippen LogP) is 0.881. The molecular weight excluding hydrogens is 250 g/mol. The van der Waals surface area contributed by atoms with E-state index in [4.69, 9.17) is 9.57 Å². The van der Waals surface area contributed by atoms with E-state index in [9.17, 15) is 14.4 Å². The minimum absolute atomic E-state index is 0.0857. The van der Waals surface area contributed by atoms with Crippen molar-refractivity contribution in [2.75, 3.05) is 7.11 Å². The molecule has 1 rings (SSSR count). The van der Waals surface area contributed by atoms with Crippen LogP contribution in [0.5, 0.6) is 0 Å². The molecule has 0 amide bonds. The van der Waals surface area contributed by atoms with E-state index < -0.39 is 35.2 Å². The second-order valence-corrected chi connectivity index (χ2v) is 5.52. The Labute approximate surface area is 113 Å². The molecule has 6 heteroatoms. The zero-order chi connectivity index (χ0) is 14.8.